The predicted octanol–water partition coefficient (Wildman–Crippen LogP) is 2.87. The van der Waals surface area contributed by atoms with Gasteiger partial charge in [-0.3, -0.25) is 19.6 Å². The van der Waals surface area contributed by atoms with E-state index in [1.54, 1.807) is 11.7 Å². The molecular formula is C15H17ClN4O3. The monoisotopic (exact) mass is 336 g/mol. The highest BCUT2D eigenvalue weighted by atomic mass is 35.5. The molecule has 0 saturated heterocycles. The van der Waals surface area contributed by atoms with Crippen molar-refractivity contribution in [2.75, 3.05) is 7.05 Å². The molecule has 7 nitrogen and oxygen atoms in total. The molecule has 2 rings (SSSR count). The molecule has 1 aromatic heterocycles. The first-order valence-electron chi connectivity index (χ1n) is 6.90. The van der Waals surface area contributed by atoms with Gasteiger partial charge >= 0.3 is 0 Å². The van der Waals surface area contributed by atoms with E-state index in [2.05, 4.69) is 5.10 Å². The zero-order valence-electron chi connectivity index (χ0n) is 13.3. The normalized spacial score (nSPS) is 10.7. The molecule has 8 heteroatoms. The molecule has 0 aliphatic carbocycles. The molecule has 0 fully saturated rings. The minimum absolute atomic E-state index is 0.0654. The van der Waals surface area contributed by atoms with E-state index >= 15 is 0 Å². The molecule has 122 valence electrons. The summed E-state index contributed by atoms with van der Waals surface area (Å²) in [6, 6.07) is 3.83. The molecule has 2 aromatic rings. The van der Waals surface area contributed by atoms with Gasteiger partial charge in [0.05, 0.1) is 21.2 Å². The molecule has 0 unspecified atom stereocenters. The van der Waals surface area contributed by atoms with Crippen LogP contribution < -0.4 is 0 Å². The topological polar surface area (TPSA) is 81.3 Å². The Hall–Kier alpha value is -2.41. The molecule has 0 atom stereocenters. The van der Waals surface area contributed by atoms with Gasteiger partial charge in [0.2, 0.25) is 0 Å². The number of carbonyl (C=O) groups excluding carboxylic acids is 1. The van der Waals surface area contributed by atoms with Crippen LogP contribution in [0.5, 0.6) is 0 Å². The average Bonchev–Trinajstić information content (AvgIpc) is 2.72. The summed E-state index contributed by atoms with van der Waals surface area (Å²) in [5.41, 5.74) is 2.91. The summed E-state index contributed by atoms with van der Waals surface area (Å²) in [5, 5.41) is 15.1. The Morgan fingerprint density at radius 3 is 2.57 bits per heavy atom. The molecule has 0 aliphatic heterocycles. The molecule has 0 saturated carbocycles. The maximum atomic E-state index is 12.5. The van der Waals surface area contributed by atoms with Crippen LogP contribution >= 0.6 is 11.6 Å². The fourth-order valence-electron chi connectivity index (χ4n) is 2.35. The third kappa shape index (κ3) is 3.34. The second kappa shape index (κ2) is 6.37. The maximum Gasteiger partial charge on any atom is 0.270 e. The summed E-state index contributed by atoms with van der Waals surface area (Å²) in [6.45, 7) is 4.21. The van der Waals surface area contributed by atoms with Gasteiger partial charge in [-0.2, -0.15) is 5.10 Å². The Kier molecular flexibility index (Phi) is 4.70. The van der Waals surface area contributed by atoms with Crippen molar-refractivity contribution in [1.29, 1.82) is 0 Å². The van der Waals surface area contributed by atoms with Gasteiger partial charge in [-0.25, -0.2) is 0 Å². The van der Waals surface area contributed by atoms with E-state index in [9.17, 15) is 14.9 Å². The number of nitro groups is 1. The Morgan fingerprint density at radius 1 is 1.43 bits per heavy atom. The van der Waals surface area contributed by atoms with Crippen LogP contribution in [0.15, 0.2) is 18.2 Å². The third-order valence-corrected chi connectivity index (χ3v) is 4.11. The lowest BCUT2D eigenvalue weighted by atomic mass is 10.1. The maximum absolute atomic E-state index is 12.5. The van der Waals surface area contributed by atoms with Gasteiger partial charge in [0.25, 0.3) is 11.6 Å². The number of nitrogens with zero attached hydrogens (tertiary/aromatic N) is 4. The fourth-order valence-corrected chi connectivity index (χ4v) is 2.61. The Morgan fingerprint density at radius 2 is 2.09 bits per heavy atom. The number of benzene rings is 1. The van der Waals surface area contributed by atoms with Crippen LogP contribution in [0.1, 0.15) is 27.3 Å². The first kappa shape index (κ1) is 17.0. The van der Waals surface area contributed by atoms with Crippen molar-refractivity contribution in [2.45, 2.75) is 20.4 Å². The van der Waals surface area contributed by atoms with Crippen LogP contribution in [0, 0.1) is 24.0 Å². The fraction of sp³-hybridized carbons (Fsp3) is 0.333. The van der Waals surface area contributed by atoms with Gasteiger partial charge in [-0.15, -0.1) is 0 Å². The molecular weight excluding hydrogens is 320 g/mol. The van der Waals surface area contributed by atoms with Crippen molar-refractivity contribution in [3.05, 3.63) is 55.9 Å². The van der Waals surface area contributed by atoms with Gasteiger partial charge in [0.15, 0.2) is 0 Å². The van der Waals surface area contributed by atoms with Crippen LogP contribution in [0.3, 0.4) is 0 Å². The lowest BCUT2D eigenvalue weighted by molar-refractivity contribution is -0.384. The number of carbonyl (C=O) groups is 1. The number of aromatic nitrogens is 2. The predicted molar refractivity (Wildman–Crippen MR) is 86.6 cm³/mol. The largest absolute Gasteiger partial charge is 0.337 e. The van der Waals surface area contributed by atoms with E-state index in [1.165, 1.54) is 23.1 Å². The van der Waals surface area contributed by atoms with E-state index in [4.69, 9.17) is 11.6 Å². The number of rotatable bonds is 4. The lowest BCUT2D eigenvalue weighted by Crippen LogP contribution is -2.27. The first-order chi connectivity index (χ1) is 10.7. The average molecular weight is 337 g/mol. The van der Waals surface area contributed by atoms with Gasteiger partial charge in [-0.05, 0) is 19.9 Å². The Bertz CT molecular complexity index is 785. The van der Waals surface area contributed by atoms with Crippen LogP contribution in [0.2, 0.25) is 5.02 Å². The minimum atomic E-state index is -0.549. The summed E-state index contributed by atoms with van der Waals surface area (Å²) < 4.78 is 1.77. The van der Waals surface area contributed by atoms with Crippen LogP contribution in [0.25, 0.3) is 0 Å². The standard InChI is InChI=1S/C15H17ClN4O3/c1-9-13(10(2)19(4)17-9)8-18(3)15(21)12-6-5-11(20(22)23)7-14(12)16/h5-7H,8H2,1-4H3. The summed E-state index contributed by atoms with van der Waals surface area (Å²) >= 11 is 6.01. The molecule has 0 N–H and O–H groups in total. The summed E-state index contributed by atoms with van der Waals surface area (Å²) in [5.74, 6) is -0.299. The van der Waals surface area contributed by atoms with E-state index in [-0.39, 0.29) is 22.2 Å². The number of amides is 1. The van der Waals surface area contributed by atoms with E-state index in [0.717, 1.165) is 17.0 Å². The quantitative estimate of drug-likeness (QED) is 0.635. The third-order valence-electron chi connectivity index (χ3n) is 3.79. The van der Waals surface area contributed by atoms with Crippen LogP contribution in [-0.2, 0) is 13.6 Å². The molecule has 0 aliphatic rings. The highest BCUT2D eigenvalue weighted by Gasteiger charge is 2.20. The van der Waals surface area contributed by atoms with Gasteiger partial charge in [-0.1, -0.05) is 11.6 Å². The van der Waals surface area contributed by atoms with E-state index in [1.807, 2.05) is 20.9 Å². The van der Waals surface area contributed by atoms with Crippen LogP contribution in [0.4, 0.5) is 5.69 Å². The first-order valence-corrected chi connectivity index (χ1v) is 7.28. The highest BCUT2D eigenvalue weighted by molar-refractivity contribution is 6.34. The number of hydrogen-bond donors (Lipinski definition) is 0. The van der Waals surface area contributed by atoms with Crippen molar-refractivity contribution >= 4 is 23.2 Å². The van der Waals surface area contributed by atoms with E-state index in [0.29, 0.717) is 6.54 Å². The van der Waals surface area contributed by atoms with Crippen molar-refractivity contribution in [1.82, 2.24) is 14.7 Å². The second-order valence-corrected chi connectivity index (χ2v) is 5.76. The molecule has 0 spiro atoms. The molecule has 0 bridgehead atoms. The van der Waals surface area contributed by atoms with Gasteiger partial charge < -0.3 is 4.90 Å². The molecule has 1 amide bonds. The second-order valence-electron chi connectivity index (χ2n) is 5.36. The Labute approximate surface area is 138 Å². The van der Waals surface area contributed by atoms with Crippen molar-refractivity contribution in [3.63, 3.8) is 0 Å². The van der Waals surface area contributed by atoms with Crippen molar-refractivity contribution < 1.29 is 9.72 Å². The Balaban J connectivity index is 2.24. The van der Waals surface area contributed by atoms with Gasteiger partial charge in [0, 0.05) is 44.0 Å². The smallest absolute Gasteiger partial charge is 0.270 e. The summed E-state index contributed by atoms with van der Waals surface area (Å²) in [7, 11) is 3.51. The summed E-state index contributed by atoms with van der Waals surface area (Å²) in [4.78, 5) is 24.2. The van der Waals surface area contributed by atoms with Crippen molar-refractivity contribution in [2.24, 2.45) is 7.05 Å². The van der Waals surface area contributed by atoms with E-state index < -0.39 is 4.92 Å². The van der Waals surface area contributed by atoms with Crippen molar-refractivity contribution in [3.8, 4) is 0 Å². The van der Waals surface area contributed by atoms with Crippen LogP contribution in [-0.4, -0.2) is 32.6 Å². The number of aryl methyl sites for hydroxylation is 2. The summed E-state index contributed by atoms with van der Waals surface area (Å²) in [6.07, 6.45) is 0. The zero-order chi connectivity index (χ0) is 17.3. The molecule has 23 heavy (non-hydrogen) atoms. The molecule has 1 heterocycles. The SMILES string of the molecule is Cc1nn(C)c(C)c1CN(C)C(=O)c1ccc([N+](=O)[O-])cc1Cl. The lowest BCUT2D eigenvalue weighted by Gasteiger charge is -2.18. The highest BCUT2D eigenvalue weighted by Crippen LogP contribution is 2.24. The van der Waals surface area contributed by atoms with Gasteiger partial charge in [0.1, 0.15) is 0 Å². The number of non-ortho nitro benzene ring substituents is 1. The zero-order valence-corrected chi connectivity index (χ0v) is 14.1. The molecule has 1 aromatic carbocycles. The number of hydrogen-bond acceptors (Lipinski definition) is 4. The number of halogens is 1. The minimum Gasteiger partial charge on any atom is -0.337 e. The molecule has 0 radical (unpaired) electrons. The number of nitro benzene ring substituents is 1.